The molecule has 138 valence electrons. The van der Waals surface area contributed by atoms with Crippen molar-refractivity contribution in [1.82, 2.24) is 0 Å². The van der Waals surface area contributed by atoms with E-state index in [1.807, 2.05) is 60.7 Å². The van der Waals surface area contributed by atoms with Gasteiger partial charge >= 0.3 is 0 Å². The second-order valence-electron chi connectivity index (χ2n) is 5.72. The van der Waals surface area contributed by atoms with Crippen LogP contribution in [-0.2, 0) is 10.5 Å². The van der Waals surface area contributed by atoms with E-state index < -0.39 is 0 Å². The van der Waals surface area contributed by atoms with Crippen LogP contribution in [0.3, 0.4) is 0 Å². The van der Waals surface area contributed by atoms with Gasteiger partial charge in [0.05, 0.1) is 5.75 Å². The minimum atomic E-state index is -0.0678. The van der Waals surface area contributed by atoms with Gasteiger partial charge in [-0.1, -0.05) is 47.5 Å². The van der Waals surface area contributed by atoms with E-state index in [2.05, 4.69) is 5.32 Å². The summed E-state index contributed by atoms with van der Waals surface area (Å²) in [5.74, 6) is 2.40. The molecule has 0 aromatic heterocycles. The number of rotatable bonds is 7. The zero-order valence-electron chi connectivity index (χ0n) is 14.3. The van der Waals surface area contributed by atoms with Crippen LogP contribution in [0.5, 0.6) is 11.5 Å². The lowest BCUT2D eigenvalue weighted by Gasteiger charge is -2.08. The van der Waals surface area contributed by atoms with Crippen LogP contribution in [0.2, 0.25) is 10.0 Å². The van der Waals surface area contributed by atoms with Gasteiger partial charge in [0.15, 0.2) is 0 Å². The first kappa shape index (κ1) is 19.6. The van der Waals surface area contributed by atoms with E-state index in [1.165, 1.54) is 11.8 Å². The van der Waals surface area contributed by atoms with Crippen molar-refractivity contribution in [2.75, 3.05) is 11.1 Å². The summed E-state index contributed by atoms with van der Waals surface area (Å²) in [6, 6.07) is 22.2. The Kier molecular flexibility index (Phi) is 7.04. The molecule has 0 spiro atoms. The first-order chi connectivity index (χ1) is 13.1. The summed E-state index contributed by atoms with van der Waals surface area (Å²) >= 11 is 13.5. The average molecular weight is 418 g/mol. The van der Waals surface area contributed by atoms with Gasteiger partial charge < -0.3 is 10.1 Å². The Labute approximate surface area is 172 Å². The monoisotopic (exact) mass is 417 g/mol. The molecule has 0 aliphatic heterocycles. The van der Waals surface area contributed by atoms with Crippen LogP contribution in [0.15, 0.2) is 72.8 Å². The summed E-state index contributed by atoms with van der Waals surface area (Å²) in [6.07, 6.45) is 0. The molecule has 27 heavy (non-hydrogen) atoms. The van der Waals surface area contributed by atoms with Crippen molar-refractivity contribution in [1.29, 1.82) is 0 Å². The van der Waals surface area contributed by atoms with Gasteiger partial charge in [-0.2, -0.15) is 0 Å². The van der Waals surface area contributed by atoms with Crippen LogP contribution in [0.1, 0.15) is 5.56 Å². The summed E-state index contributed by atoms with van der Waals surface area (Å²) in [5.41, 5.74) is 1.69. The molecule has 3 aromatic rings. The number of hydrogen-bond donors (Lipinski definition) is 1. The predicted octanol–water partition coefficient (Wildman–Crippen LogP) is 6.66. The van der Waals surface area contributed by atoms with Gasteiger partial charge in [-0.05, 0) is 54.1 Å². The third-order valence-corrected chi connectivity index (χ3v) is 5.19. The number of carbonyl (C=O) groups excluding carboxylic acids is 1. The van der Waals surface area contributed by atoms with Crippen molar-refractivity contribution >= 4 is 46.6 Å². The van der Waals surface area contributed by atoms with E-state index in [4.69, 9.17) is 27.9 Å². The Morgan fingerprint density at radius 2 is 1.63 bits per heavy atom. The number of para-hydroxylation sites is 1. The number of carbonyl (C=O) groups is 1. The molecule has 0 heterocycles. The Hall–Kier alpha value is -2.14. The van der Waals surface area contributed by atoms with Crippen LogP contribution in [0, 0.1) is 0 Å². The summed E-state index contributed by atoms with van der Waals surface area (Å²) < 4.78 is 5.73. The average Bonchev–Trinajstić information content (AvgIpc) is 2.66. The summed E-state index contributed by atoms with van der Waals surface area (Å²) in [5, 5.41) is 4.09. The molecule has 0 bridgehead atoms. The lowest BCUT2D eigenvalue weighted by molar-refractivity contribution is -0.113. The van der Waals surface area contributed by atoms with Crippen molar-refractivity contribution in [2.45, 2.75) is 5.75 Å². The number of benzene rings is 3. The van der Waals surface area contributed by atoms with Gasteiger partial charge in [0.1, 0.15) is 11.5 Å². The summed E-state index contributed by atoms with van der Waals surface area (Å²) in [6.45, 7) is 0. The normalized spacial score (nSPS) is 10.4. The van der Waals surface area contributed by atoms with Gasteiger partial charge in [0.2, 0.25) is 5.91 Å². The maximum atomic E-state index is 12.1. The van der Waals surface area contributed by atoms with Crippen molar-refractivity contribution < 1.29 is 9.53 Å². The highest BCUT2D eigenvalue weighted by molar-refractivity contribution is 7.99. The van der Waals surface area contributed by atoms with Crippen molar-refractivity contribution in [3.8, 4) is 11.5 Å². The Bertz CT molecular complexity index is 902. The highest BCUT2D eigenvalue weighted by atomic mass is 35.5. The lowest BCUT2D eigenvalue weighted by atomic mass is 10.2. The third-order valence-electron chi connectivity index (χ3n) is 3.62. The van der Waals surface area contributed by atoms with Gasteiger partial charge in [-0.25, -0.2) is 0 Å². The Morgan fingerprint density at radius 1 is 0.926 bits per heavy atom. The summed E-state index contributed by atoms with van der Waals surface area (Å²) in [7, 11) is 0. The van der Waals surface area contributed by atoms with Crippen molar-refractivity contribution in [2.24, 2.45) is 0 Å². The first-order valence-electron chi connectivity index (χ1n) is 8.24. The molecule has 0 radical (unpaired) electrons. The zero-order chi connectivity index (χ0) is 19.1. The minimum absolute atomic E-state index is 0.0678. The highest BCUT2D eigenvalue weighted by Crippen LogP contribution is 2.25. The van der Waals surface area contributed by atoms with Crippen LogP contribution in [0.4, 0.5) is 5.69 Å². The second-order valence-corrected chi connectivity index (χ2v) is 7.55. The number of anilines is 1. The van der Waals surface area contributed by atoms with E-state index in [9.17, 15) is 4.79 Å². The van der Waals surface area contributed by atoms with Crippen LogP contribution in [-0.4, -0.2) is 11.7 Å². The molecule has 6 heteroatoms. The second kappa shape index (κ2) is 9.70. The molecule has 0 aliphatic rings. The maximum Gasteiger partial charge on any atom is 0.234 e. The third kappa shape index (κ3) is 6.21. The van der Waals surface area contributed by atoms with Gasteiger partial charge in [-0.15, -0.1) is 11.8 Å². The molecule has 0 atom stereocenters. The standard InChI is InChI=1S/C21H17Cl2NO2S/c22-16-7-6-15(20(23)12-16)13-27-14-21(25)24-17-8-10-19(11-9-17)26-18-4-2-1-3-5-18/h1-12H,13-14H2,(H,24,25). The van der Waals surface area contributed by atoms with Gasteiger partial charge in [0, 0.05) is 21.5 Å². The minimum Gasteiger partial charge on any atom is -0.457 e. The Morgan fingerprint density at radius 3 is 2.33 bits per heavy atom. The molecule has 1 amide bonds. The molecule has 1 N–H and O–H groups in total. The first-order valence-corrected chi connectivity index (χ1v) is 10.2. The van der Waals surface area contributed by atoms with Crippen LogP contribution >= 0.6 is 35.0 Å². The fraction of sp³-hybridized carbons (Fsp3) is 0.0952. The molecule has 0 unspecified atom stereocenters. The van der Waals surface area contributed by atoms with E-state index in [1.54, 1.807) is 12.1 Å². The van der Waals surface area contributed by atoms with E-state index in [0.29, 0.717) is 27.3 Å². The van der Waals surface area contributed by atoms with E-state index >= 15 is 0 Å². The largest absolute Gasteiger partial charge is 0.457 e. The van der Waals surface area contributed by atoms with E-state index in [0.717, 1.165) is 17.0 Å². The van der Waals surface area contributed by atoms with Crippen LogP contribution < -0.4 is 10.1 Å². The number of amides is 1. The zero-order valence-corrected chi connectivity index (χ0v) is 16.7. The molecular weight excluding hydrogens is 401 g/mol. The van der Waals surface area contributed by atoms with Gasteiger partial charge in [0.25, 0.3) is 0 Å². The molecule has 0 saturated carbocycles. The predicted molar refractivity (Wildman–Crippen MR) is 114 cm³/mol. The maximum absolute atomic E-state index is 12.1. The number of halogens is 2. The number of ether oxygens (including phenoxy) is 1. The topological polar surface area (TPSA) is 38.3 Å². The van der Waals surface area contributed by atoms with Crippen molar-refractivity contribution in [3.63, 3.8) is 0 Å². The molecule has 3 rings (SSSR count). The fourth-order valence-electron chi connectivity index (χ4n) is 2.32. The fourth-order valence-corrected chi connectivity index (χ4v) is 3.71. The molecule has 3 aromatic carbocycles. The molecule has 0 fully saturated rings. The highest BCUT2D eigenvalue weighted by Gasteiger charge is 2.06. The number of thioether (sulfide) groups is 1. The molecule has 3 nitrogen and oxygen atoms in total. The molecule has 0 aliphatic carbocycles. The number of nitrogens with one attached hydrogen (secondary N) is 1. The molecule has 0 saturated heterocycles. The molecular formula is C21H17Cl2NO2S. The lowest BCUT2D eigenvalue weighted by Crippen LogP contribution is -2.14. The smallest absolute Gasteiger partial charge is 0.234 e. The quantitative estimate of drug-likeness (QED) is 0.466. The van der Waals surface area contributed by atoms with Gasteiger partial charge in [-0.3, -0.25) is 4.79 Å². The SMILES string of the molecule is O=C(CSCc1ccc(Cl)cc1Cl)Nc1ccc(Oc2ccccc2)cc1. The summed E-state index contributed by atoms with van der Waals surface area (Å²) in [4.78, 5) is 12.1. The van der Waals surface area contributed by atoms with E-state index in [-0.39, 0.29) is 5.91 Å². The number of hydrogen-bond acceptors (Lipinski definition) is 3. The Balaban J connectivity index is 1.46. The van der Waals surface area contributed by atoms with Crippen molar-refractivity contribution in [3.05, 3.63) is 88.4 Å². The van der Waals surface area contributed by atoms with Crippen LogP contribution in [0.25, 0.3) is 0 Å².